The first kappa shape index (κ1) is 16.5. The Morgan fingerprint density at radius 3 is 2.64 bits per heavy atom. The number of nitriles is 1. The van der Waals surface area contributed by atoms with E-state index in [1.165, 1.54) is 23.1 Å². The summed E-state index contributed by atoms with van der Waals surface area (Å²) in [6.07, 6.45) is 0. The minimum atomic E-state index is -0.152. The highest BCUT2D eigenvalue weighted by Gasteiger charge is 2.14. The Hall–Kier alpha value is -1.91. The second kappa shape index (κ2) is 6.90. The summed E-state index contributed by atoms with van der Waals surface area (Å²) in [5, 5.41) is 15.1. The molecule has 7 heteroatoms. The van der Waals surface area contributed by atoms with Crippen molar-refractivity contribution < 1.29 is 4.79 Å². The van der Waals surface area contributed by atoms with Crippen molar-refractivity contribution in [2.45, 2.75) is 32.7 Å². The molecule has 0 aliphatic carbocycles. The van der Waals surface area contributed by atoms with Crippen molar-refractivity contribution in [1.29, 1.82) is 5.26 Å². The van der Waals surface area contributed by atoms with Crippen molar-refractivity contribution in [3.8, 4) is 6.07 Å². The maximum Gasteiger partial charge on any atom is 0.236 e. The molecule has 5 nitrogen and oxygen atoms in total. The van der Waals surface area contributed by atoms with Gasteiger partial charge in [0.2, 0.25) is 5.91 Å². The summed E-state index contributed by atoms with van der Waals surface area (Å²) in [6.45, 7) is 7.64. The molecular weight excluding hydrogens is 316 g/mol. The van der Waals surface area contributed by atoms with Gasteiger partial charge in [0.1, 0.15) is 11.1 Å². The van der Waals surface area contributed by atoms with Gasteiger partial charge in [0, 0.05) is 11.1 Å². The Morgan fingerprint density at radius 1 is 1.32 bits per heavy atom. The number of hydrogen-bond acceptors (Lipinski definition) is 6. The topological polar surface area (TPSA) is 78.7 Å². The van der Waals surface area contributed by atoms with E-state index in [0.29, 0.717) is 15.7 Å². The van der Waals surface area contributed by atoms with E-state index < -0.39 is 0 Å². The van der Waals surface area contributed by atoms with Crippen LogP contribution in [0.1, 0.15) is 28.1 Å². The van der Waals surface area contributed by atoms with E-state index in [1.807, 2.05) is 33.1 Å². The molecule has 2 heterocycles. The molecule has 0 fully saturated rings. The number of aromatic nitrogens is 2. The highest BCUT2D eigenvalue weighted by molar-refractivity contribution is 8.00. The molecule has 0 bridgehead atoms. The van der Waals surface area contributed by atoms with Crippen molar-refractivity contribution in [1.82, 2.24) is 9.97 Å². The van der Waals surface area contributed by atoms with Gasteiger partial charge in [-0.15, -0.1) is 11.3 Å². The number of thiazole rings is 1. The molecule has 22 heavy (non-hydrogen) atoms. The highest BCUT2D eigenvalue weighted by Crippen LogP contribution is 2.26. The van der Waals surface area contributed by atoms with Crippen molar-refractivity contribution in [3.05, 3.63) is 33.5 Å². The lowest BCUT2D eigenvalue weighted by Gasteiger charge is -2.10. The smallest absolute Gasteiger partial charge is 0.236 e. The van der Waals surface area contributed by atoms with Gasteiger partial charge in [-0.3, -0.25) is 4.79 Å². The predicted octanol–water partition coefficient (Wildman–Crippen LogP) is 3.37. The summed E-state index contributed by atoms with van der Waals surface area (Å²) in [5.74, 6) is 0.0448. The monoisotopic (exact) mass is 332 g/mol. The number of anilines is 1. The molecule has 0 aliphatic rings. The summed E-state index contributed by atoms with van der Waals surface area (Å²) in [6, 6.07) is 2.18. The van der Waals surface area contributed by atoms with Crippen LogP contribution < -0.4 is 5.32 Å². The third-order valence-corrected chi connectivity index (χ3v) is 5.13. The maximum atomic E-state index is 12.0. The molecule has 0 atom stereocenters. The first-order valence-electron chi connectivity index (χ1n) is 6.65. The van der Waals surface area contributed by atoms with Crippen LogP contribution >= 0.6 is 23.1 Å². The van der Waals surface area contributed by atoms with Gasteiger partial charge in [-0.05, 0) is 38.8 Å². The molecule has 0 saturated heterocycles. The minimum absolute atomic E-state index is 0.152. The Kier molecular flexibility index (Phi) is 5.16. The number of rotatable bonds is 4. The average molecular weight is 332 g/mol. The van der Waals surface area contributed by atoms with Crippen LogP contribution in [0.5, 0.6) is 0 Å². The Balaban J connectivity index is 2.08. The fraction of sp³-hybridized carbons (Fsp3) is 0.333. The second-order valence-electron chi connectivity index (χ2n) is 4.87. The third kappa shape index (κ3) is 3.64. The standard InChI is InChI=1S/C15H16N4OS2/c1-8-6-22-15(17-8)19-13(20)7-21-14-12(5-16)10(3)9(2)11(4)18-14/h6H,7H2,1-4H3,(H,17,19,20). The zero-order valence-electron chi connectivity index (χ0n) is 12.9. The van der Waals surface area contributed by atoms with E-state index in [9.17, 15) is 10.1 Å². The van der Waals surface area contributed by atoms with E-state index in [2.05, 4.69) is 21.4 Å². The molecule has 114 valence electrons. The zero-order chi connectivity index (χ0) is 16.3. The summed E-state index contributed by atoms with van der Waals surface area (Å²) in [4.78, 5) is 20.6. The predicted molar refractivity (Wildman–Crippen MR) is 89.4 cm³/mol. The Labute approximate surface area is 137 Å². The van der Waals surface area contributed by atoms with E-state index in [4.69, 9.17) is 0 Å². The molecular formula is C15H16N4OS2. The largest absolute Gasteiger partial charge is 0.301 e. The fourth-order valence-electron chi connectivity index (χ4n) is 1.85. The quantitative estimate of drug-likeness (QED) is 0.868. The zero-order valence-corrected chi connectivity index (χ0v) is 14.5. The summed E-state index contributed by atoms with van der Waals surface area (Å²) < 4.78 is 0. The molecule has 0 radical (unpaired) electrons. The number of pyridine rings is 1. The van der Waals surface area contributed by atoms with Crippen molar-refractivity contribution >= 4 is 34.1 Å². The van der Waals surface area contributed by atoms with E-state index >= 15 is 0 Å². The summed E-state index contributed by atoms with van der Waals surface area (Å²) in [5.41, 5.74) is 4.25. The normalized spacial score (nSPS) is 10.3. The number of hydrogen-bond donors (Lipinski definition) is 1. The lowest BCUT2D eigenvalue weighted by Crippen LogP contribution is -2.14. The van der Waals surface area contributed by atoms with Gasteiger partial charge >= 0.3 is 0 Å². The maximum absolute atomic E-state index is 12.0. The van der Waals surface area contributed by atoms with Gasteiger partial charge in [0.25, 0.3) is 0 Å². The van der Waals surface area contributed by atoms with Crippen molar-refractivity contribution in [3.63, 3.8) is 0 Å². The van der Waals surface area contributed by atoms with Crippen molar-refractivity contribution in [2.24, 2.45) is 0 Å². The number of thioether (sulfide) groups is 1. The fourth-order valence-corrected chi connectivity index (χ4v) is 3.44. The Morgan fingerprint density at radius 2 is 2.05 bits per heavy atom. The van der Waals surface area contributed by atoms with Gasteiger partial charge < -0.3 is 5.32 Å². The van der Waals surface area contributed by atoms with Gasteiger partial charge in [-0.25, -0.2) is 9.97 Å². The van der Waals surface area contributed by atoms with Crippen LogP contribution in [0.4, 0.5) is 5.13 Å². The number of amides is 1. The molecule has 0 saturated carbocycles. The van der Waals surface area contributed by atoms with Crippen LogP contribution in [0, 0.1) is 39.0 Å². The highest BCUT2D eigenvalue weighted by atomic mass is 32.2. The van der Waals surface area contributed by atoms with E-state index in [-0.39, 0.29) is 11.7 Å². The SMILES string of the molecule is Cc1csc(NC(=O)CSc2nc(C)c(C)c(C)c2C#N)n1. The van der Waals surface area contributed by atoms with Crippen LogP contribution in [0.3, 0.4) is 0 Å². The van der Waals surface area contributed by atoms with Crippen LogP contribution in [0.2, 0.25) is 0 Å². The second-order valence-corrected chi connectivity index (χ2v) is 6.69. The first-order chi connectivity index (χ1) is 10.4. The van der Waals surface area contributed by atoms with E-state index in [0.717, 1.165) is 22.5 Å². The molecule has 0 aliphatic heterocycles. The molecule has 1 amide bonds. The minimum Gasteiger partial charge on any atom is -0.301 e. The average Bonchev–Trinajstić information content (AvgIpc) is 2.88. The van der Waals surface area contributed by atoms with Gasteiger partial charge in [0.15, 0.2) is 5.13 Å². The molecule has 0 spiro atoms. The third-order valence-electron chi connectivity index (χ3n) is 3.28. The van der Waals surface area contributed by atoms with Gasteiger partial charge in [0.05, 0.1) is 17.0 Å². The molecule has 2 aromatic heterocycles. The molecule has 0 aromatic carbocycles. The number of carbonyl (C=O) groups excluding carboxylic acids is 1. The molecule has 0 unspecified atom stereocenters. The number of nitrogens with zero attached hydrogens (tertiary/aromatic N) is 3. The summed E-state index contributed by atoms with van der Waals surface area (Å²) >= 11 is 2.67. The van der Waals surface area contributed by atoms with Crippen LogP contribution in [-0.4, -0.2) is 21.6 Å². The molecule has 1 N–H and O–H groups in total. The van der Waals surface area contributed by atoms with Crippen LogP contribution in [-0.2, 0) is 4.79 Å². The Bertz CT molecular complexity index is 762. The lowest BCUT2D eigenvalue weighted by molar-refractivity contribution is -0.113. The van der Waals surface area contributed by atoms with Crippen molar-refractivity contribution in [2.75, 3.05) is 11.1 Å². The number of nitrogens with one attached hydrogen (secondary N) is 1. The van der Waals surface area contributed by atoms with E-state index in [1.54, 1.807) is 0 Å². The molecule has 2 rings (SSSR count). The van der Waals surface area contributed by atoms with Crippen LogP contribution in [0.15, 0.2) is 10.4 Å². The van der Waals surface area contributed by atoms with Gasteiger partial charge in [-0.2, -0.15) is 5.26 Å². The first-order valence-corrected chi connectivity index (χ1v) is 8.51. The van der Waals surface area contributed by atoms with Crippen LogP contribution in [0.25, 0.3) is 0 Å². The molecule has 2 aromatic rings. The number of aryl methyl sites for hydroxylation is 2. The lowest BCUT2D eigenvalue weighted by atomic mass is 10.1. The number of carbonyl (C=O) groups is 1. The van der Waals surface area contributed by atoms with Gasteiger partial charge in [-0.1, -0.05) is 11.8 Å². The summed E-state index contributed by atoms with van der Waals surface area (Å²) in [7, 11) is 0.